The number of carbonyl (C=O) groups excluding carboxylic acids is 2. The second-order valence-electron chi connectivity index (χ2n) is 7.02. The van der Waals surface area contributed by atoms with Gasteiger partial charge >= 0.3 is 6.36 Å². The van der Waals surface area contributed by atoms with Gasteiger partial charge in [-0.3, -0.25) is 9.59 Å². The van der Waals surface area contributed by atoms with E-state index < -0.39 is 36.2 Å². The van der Waals surface area contributed by atoms with E-state index in [-0.39, 0.29) is 42.5 Å². The SMILES string of the molecule is NC(=O)c1ccc(Cl)nc1O[C@@H]1CCN(C(=O)Cc2ccc(OC(F)(F)F)cc2)C[C@@H]1F. The number of carbonyl (C=O) groups is 2. The Morgan fingerprint density at radius 3 is 2.47 bits per heavy atom. The lowest BCUT2D eigenvalue weighted by Gasteiger charge is -2.34. The van der Waals surface area contributed by atoms with E-state index in [0.29, 0.717) is 5.56 Å². The molecule has 0 bridgehead atoms. The molecule has 172 valence electrons. The smallest absolute Gasteiger partial charge is 0.471 e. The van der Waals surface area contributed by atoms with Crippen LogP contribution in [-0.4, -0.2) is 53.4 Å². The van der Waals surface area contributed by atoms with Crippen LogP contribution in [0.5, 0.6) is 11.6 Å². The topological polar surface area (TPSA) is 94.8 Å². The van der Waals surface area contributed by atoms with Crippen molar-refractivity contribution in [1.29, 1.82) is 0 Å². The Bertz CT molecular complexity index is 988. The van der Waals surface area contributed by atoms with Crippen LogP contribution in [0.2, 0.25) is 5.15 Å². The first kappa shape index (κ1) is 23.6. The minimum atomic E-state index is -4.81. The lowest BCUT2D eigenvalue weighted by atomic mass is 10.0. The summed E-state index contributed by atoms with van der Waals surface area (Å²) >= 11 is 5.81. The number of nitrogens with zero attached hydrogens (tertiary/aromatic N) is 2. The fourth-order valence-electron chi connectivity index (χ4n) is 3.18. The summed E-state index contributed by atoms with van der Waals surface area (Å²) in [6.45, 7) is -0.0864. The number of hydrogen-bond acceptors (Lipinski definition) is 5. The zero-order chi connectivity index (χ0) is 23.5. The van der Waals surface area contributed by atoms with Crippen LogP contribution < -0.4 is 15.2 Å². The van der Waals surface area contributed by atoms with E-state index in [1.807, 2.05) is 0 Å². The summed E-state index contributed by atoms with van der Waals surface area (Å²) < 4.78 is 60.7. The summed E-state index contributed by atoms with van der Waals surface area (Å²) in [5.74, 6) is -1.79. The molecule has 2 aromatic rings. The van der Waals surface area contributed by atoms with Crippen LogP contribution in [0.1, 0.15) is 22.3 Å². The van der Waals surface area contributed by atoms with E-state index in [4.69, 9.17) is 22.1 Å². The maximum atomic E-state index is 14.7. The molecule has 0 spiro atoms. The van der Waals surface area contributed by atoms with Crippen molar-refractivity contribution in [1.82, 2.24) is 9.88 Å². The Hall–Kier alpha value is -3.08. The number of piperidine rings is 1. The highest BCUT2D eigenvalue weighted by molar-refractivity contribution is 6.29. The largest absolute Gasteiger partial charge is 0.573 e. The van der Waals surface area contributed by atoms with Crippen molar-refractivity contribution in [3.63, 3.8) is 0 Å². The van der Waals surface area contributed by atoms with Crippen molar-refractivity contribution in [2.75, 3.05) is 13.1 Å². The molecular formula is C20H18ClF4N3O4. The minimum Gasteiger partial charge on any atom is -0.471 e. The van der Waals surface area contributed by atoms with Gasteiger partial charge in [0.25, 0.3) is 5.91 Å². The van der Waals surface area contributed by atoms with Crippen LogP contribution in [0, 0.1) is 0 Å². The molecular weight excluding hydrogens is 458 g/mol. The number of pyridine rings is 1. The van der Waals surface area contributed by atoms with Gasteiger partial charge in [0, 0.05) is 13.0 Å². The summed E-state index contributed by atoms with van der Waals surface area (Å²) in [4.78, 5) is 29.2. The third kappa shape index (κ3) is 6.22. The summed E-state index contributed by atoms with van der Waals surface area (Å²) in [6.07, 6.45) is -7.35. The Morgan fingerprint density at radius 1 is 1.19 bits per heavy atom. The molecule has 2 heterocycles. The molecule has 0 aliphatic carbocycles. The second kappa shape index (κ2) is 9.60. The first-order valence-electron chi connectivity index (χ1n) is 9.41. The van der Waals surface area contributed by atoms with Gasteiger partial charge in [-0.15, -0.1) is 13.2 Å². The molecule has 0 radical (unpaired) electrons. The average molecular weight is 476 g/mol. The van der Waals surface area contributed by atoms with Crippen molar-refractivity contribution < 1.29 is 36.6 Å². The number of halogens is 5. The zero-order valence-electron chi connectivity index (χ0n) is 16.4. The van der Waals surface area contributed by atoms with E-state index in [9.17, 15) is 27.2 Å². The predicted molar refractivity (Wildman–Crippen MR) is 105 cm³/mol. The molecule has 1 aliphatic heterocycles. The highest BCUT2D eigenvalue weighted by atomic mass is 35.5. The standard InChI is InChI=1S/C20H18ClF4N3O4/c21-16-6-5-13(18(26)30)19(27-16)31-15-7-8-28(10-14(15)22)17(29)9-11-1-3-12(4-2-11)32-20(23,24)25/h1-6,14-15H,7-10H2,(H2,26,30)/t14-,15+/m0/s1. The van der Waals surface area contributed by atoms with E-state index in [0.717, 1.165) is 12.1 Å². The monoisotopic (exact) mass is 475 g/mol. The molecule has 1 fully saturated rings. The molecule has 2 atom stereocenters. The molecule has 2 N–H and O–H groups in total. The Kier molecular flexibility index (Phi) is 7.07. The number of benzene rings is 1. The molecule has 32 heavy (non-hydrogen) atoms. The molecule has 1 aliphatic rings. The summed E-state index contributed by atoms with van der Waals surface area (Å²) in [7, 11) is 0. The maximum absolute atomic E-state index is 14.7. The van der Waals surface area contributed by atoms with Crippen LogP contribution in [-0.2, 0) is 11.2 Å². The Morgan fingerprint density at radius 2 is 1.88 bits per heavy atom. The van der Waals surface area contributed by atoms with Gasteiger partial charge in [0.1, 0.15) is 22.6 Å². The Balaban J connectivity index is 1.58. The average Bonchev–Trinajstić information content (AvgIpc) is 2.69. The molecule has 0 saturated carbocycles. The maximum Gasteiger partial charge on any atom is 0.573 e. The van der Waals surface area contributed by atoms with Gasteiger partial charge in [0.15, 0.2) is 6.17 Å². The second-order valence-corrected chi connectivity index (χ2v) is 7.41. The van der Waals surface area contributed by atoms with Crippen molar-refractivity contribution >= 4 is 23.4 Å². The lowest BCUT2D eigenvalue weighted by molar-refractivity contribution is -0.274. The van der Waals surface area contributed by atoms with Crippen LogP contribution in [0.25, 0.3) is 0 Å². The molecule has 12 heteroatoms. The summed E-state index contributed by atoms with van der Waals surface area (Å²) in [5, 5.41) is 0.0414. The fraction of sp³-hybridized carbons (Fsp3) is 0.350. The van der Waals surface area contributed by atoms with Gasteiger partial charge in [-0.1, -0.05) is 23.7 Å². The van der Waals surface area contributed by atoms with Crippen LogP contribution in [0.3, 0.4) is 0 Å². The van der Waals surface area contributed by atoms with Gasteiger partial charge in [-0.2, -0.15) is 0 Å². The first-order valence-corrected chi connectivity index (χ1v) is 9.79. The number of amides is 2. The number of likely N-dealkylation sites (tertiary alicyclic amines) is 1. The third-order valence-electron chi connectivity index (χ3n) is 4.70. The molecule has 1 aromatic carbocycles. The van der Waals surface area contributed by atoms with Crippen molar-refractivity contribution in [2.45, 2.75) is 31.5 Å². The lowest BCUT2D eigenvalue weighted by Crippen LogP contribution is -2.49. The zero-order valence-corrected chi connectivity index (χ0v) is 17.2. The van der Waals surface area contributed by atoms with E-state index >= 15 is 0 Å². The van der Waals surface area contributed by atoms with E-state index in [2.05, 4.69) is 9.72 Å². The normalized spacial score (nSPS) is 18.8. The molecule has 7 nitrogen and oxygen atoms in total. The van der Waals surface area contributed by atoms with E-state index in [1.54, 1.807) is 0 Å². The predicted octanol–water partition coefficient (Wildman–Crippen LogP) is 3.29. The quantitative estimate of drug-likeness (QED) is 0.511. The number of nitrogens with two attached hydrogens (primary N) is 1. The first-order chi connectivity index (χ1) is 15.0. The number of rotatable bonds is 6. The van der Waals surface area contributed by atoms with Crippen molar-refractivity contribution in [3.05, 3.63) is 52.7 Å². The Labute approximate surface area is 185 Å². The highest BCUT2D eigenvalue weighted by Crippen LogP contribution is 2.26. The summed E-state index contributed by atoms with van der Waals surface area (Å²) in [6, 6.07) is 7.54. The summed E-state index contributed by atoms with van der Waals surface area (Å²) in [5.41, 5.74) is 5.67. The molecule has 0 unspecified atom stereocenters. The van der Waals surface area contributed by atoms with Gasteiger partial charge in [0.2, 0.25) is 11.8 Å². The van der Waals surface area contributed by atoms with Crippen molar-refractivity contribution in [2.24, 2.45) is 5.73 Å². The number of aromatic nitrogens is 1. The highest BCUT2D eigenvalue weighted by Gasteiger charge is 2.34. The van der Waals surface area contributed by atoms with Crippen LogP contribution >= 0.6 is 11.6 Å². The van der Waals surface area contributed by atoms with Gasteiger partial charge in [-0.25, -0.2) is 9.37 Å². The van der Waals surface area contributed by atoms with Gasteiger partial charge in [0.05, 0.1) is 13.0 Å². The van der Waals surface area contributed by atoms with E-state index in [1.165, 1.54) is 29.2 Å². The molecule has 1 saturated heterocycles. The number of alkyl halides is 4. The van der Waals surface area contributed by atoms with Crippen molar-refractivity contribution in [3.8, 4) is 11.6 Å². The van der Waals surface area contributed by atoms with Crippen LogP contribution in [0.15, 0.2) is 36.4 Å². The van der Waals surface area contributed by atoms with Crippen LogP contribution in [0.4, 0.5) is 17.6 Å². The molecule has 1 aromatic heterocycles. The van der Waals surface area contributed by atoms with Gasteiger partial charge in [-0.05, 0) is 29.8 Å². The molecule has 3 rings (SSSR count). The van der Waals surface area contributed by atoms with Gasteiger partial charge < -0.3 is 20.1 Å². The third-order valence-corrected chi connectivity index (χ3v) is 4.91. The molecule has 2 amide bonds. The minimum absolute atomic E-state index is 0.0414. The number of hydrogen-bond donors (Lipinski definition) is 1. The number of primary amides is 1. The fourth-order valence-corrected chi connectivity index (χ4v) is 3.32. The number of ether oxygens (including phenoxy) is 2.